The number of benzene rings is 1. The van der Waals surface area contributed by atoms with E-state index in [1.165, 1.54) is 0 Å². The van der Waals surface area contributed by atoms with Gasteiger partial charge in [-0.2, -0.15) is 0 Å². The Morgan fingerprint density at radius 1 is 1.11 bits per heavy atom. The first-order valence-electron chi connectivity index (χ1n) is 10.3. The van der Waals surface area contributed by atoms with Gasteiger partial charge in [-0.3, -0.25) is 19.4 Å². The van der Waals surface area contributed by atoms with Gasteiger partial charge in [0, 0.05) is 38.4 Å². The van der Waals surface area contributed by atoms with Crippen LogP contribution < -0.4 is 15.4 Å². The third-order valence-corrected chi connectivity index (χ3v) is 4.99. The predicted octanol–water partition coefficient (Wildman–Crippen LogP) is 1.95. The van der Waals surface area contributed by atoms with Crippen molar-refractivity contribution in [2.24, 2.45) is 0 Å². The van der Waals surface area contributed by atoms with Gasteiger partial charge in [-0.25, -0.2) is 0 Å². The van der Waals surface area contributed by atoms with Crippen molar-refractivity contribution in [1.29, 1.82) is 0 Å². The SMILES string of the molecule is CCCCNC(=O)CN1CCN(C(C)C(=O)Nc2ccc(OCC)cc2)CC1. The second-order valence-corrected chi connectivity index (χ2v) is 7.14. The molecular formula is C21H34N4O3. The fourth-order valence-corrected chi connectivity index (χ4v) is 3.19. The summed E-state index contributed by atoms with van der Waals surface area (Å²) in [6.45, 7) is 10.9. The summed E-state index contributed by atoms with van der Waals surface area (Å²) in [5, 5.41) is 5.92. The van der Waals surface area contributed by atoms with E-state index in [1.54, 1.807) is 0 Å². The van der Waals surface area contributed by atoms with Crippen LogP contribution in [0.4, 0.5) is 5.69 Å². The zero-order chi connectivity index (χ0) is 20.4. The summed E-state index contributed by atoms with van der Waals surface area (Å²) in [7, 11) is 0. The molecule has 0 bridgehead atoms. The molecule has 0 radical (unpaired) electrons. The van der Waals surface area contributed by atoms with E-state index in [2.05, 4.69) is 27.4 Å². The normalized spacial score (nSPS) is 16.4. The molecule has 1 saturated heterocycles. The highest BCUT2D eigenvalue weighted by molar-refractivity contribution is 5.94. The molecule has 1 heterocycles. The van der Waals surface area contributed by atoms with Crippen LogP contribution in [-0.4, -0.2) is 73.5 Å². The lowest BCUT2D eigenvalue weighted by molar-refractivity contribution is -0.124. The number of hydrogen-bond acceptors (Lipinski definition) is 5. The molecule has 156 valence electrons. The maximum absolute atomic E-state index is 12.6. The minimum Gasteiger partial charge on any atom is -0.494 e. The molecule has 1 aromatic carbocycles. The quantitative estimate of drug-likeness (QED) is 0.598. The molecule has 7 nitrogen and oxygen atoms in total. The van der Waals surface area contributed by atoms with Crippen molar-refractivity contribution >= 4 is 17.5 Å². The van der Waals surface area contributed by atoms with Gasteiger partial charge in [0.25, 0.3) is 0 Å². The van der Waals surface area contributed by atoms with Gasteiger partial charge >= 0.3 is 0 Å². The largest absolute Gasteiger partial charge is 0.494 e. The molecule has 7 heteroatoms. The number of rotatable bonds is 10. The summed E-state index contributed by atoms with van der Waals surface area (Å²) in [5.41, 5.74) is 0.766. The van der Waals surface area contributed by atoms with E-state index in [-0.39, 0.29) is 17.9 Å². The molecule has 2 amide bonds. The number of nitrogens with one attached hydrogen (secondary N) is 2. The van der Waals surface area contributed by atoms with Gasteiger partial charge in [0.2, 0.25) is 11.8 Å². The number of hydrogen-bond donors (Lipinski definition) is 2. The summed E-state index contributed by atoms with van der Waals surface area (Å²) >= 11 is 0. The molecule has 0 saturated carbocycles. The molecule has 1 unspecified atom stereocenters. The fourth-order valence-electron chi connectivity index (χ4n) is 3.19. The Kier molecular flexibility index (Phi) is 9.23. The molecule has 0 spiro atoms. The third-order valence-electron chi connectivity index (χ3n) is 4.99. The fraction of sp³-hybridized carbons (Fsp3) is 0.619. The summed E-state index contributed by atoms with van der Waals surface area (Å²) in [4.78, 5) is 28.8. The molecule has 1 aliphatic rings. The topological polar surface area (TPSA) is 73.9 Å². The number of unbranched alkanes of at least 4 members (excludes halogenated alkanes) is 1. The molecule has 2 N–H and O–H groups in total. The van der Waals surface area contributed by atoms with Gasteiger partial charge in [-0.05, 0) is 44.5 Å². The summed E-state index contributed by atoms with van der Waals surface area (Å²) in [6.07, 6.45) is 2.09. The van der Waals surface area contributed by atoms with Crippen LogP contribution in [0.15, 0.2) is 24.3 Å². The van der Waals surface area contributed by atoms with Gasteiger partial charge < -0.3 is 15.4 Å². The number of amides is 2. The monoisotopic (exact) mass is 390 g/mol. The van der Waals surface area contributed by atoms with Crippen molar-refractivity contribution in [3.63, 3.8) is 0 Å². The first-order chi connectivity index (χ1) is 13.5. The summed E-state index contributed by atoms with van der Waals surface area (Å²) in [5.74, 6) is 0.863. The second-order valence-electron chi connectivity index (χ2n) is 7.14. The first kappa shape index (κ1) is 22.2. The van der Waals surface area contributed by atoms with Crippen molar-refractivity contribution in [1.82, 2.24) is 15.1 Å². The van der Waals surface area contributed by atoms with Crippen molar-refractivity contribution in [3.8, 4) is 5.75 Å². The minimum atomic E-state index is -0.216. The Balaban J connectivity index is 1.73. The van der Waals surface area contributed by atoms with Crippen LogP contribution in [0.5, 0.6) is 5.75 Å². The van der Waals surface area contributed by atoms with Crippen LogP contribution in [0.3, 0.4) is 0 Å². The summed E-state index contributed by atoms with van der Waals surface area (Å²) < 4.78 is 5.42. The van der Waals surface area contributed by atoms with E-state index >= 15 is 0 Å². The van der Waals surface area contributed by atoms with Crippen molar-refractivity contribution < 1.29 is 14.3 Å². The van der Waals surface area contributed by atoms with Crippen molar-refractivity contribution in [2.75, 3.05) is 51.2 Å². The van der Waals surface area contributed by atoms with Crippen molar-refractivity contribution in [2.45, 2.75) is 39.7 Å². The molecule has 0 aromatic heterocycles. The van der Waals surface area contributed by atoms with E-state index in [1.807, 2.05) is 38.1 Å². The lowest BCUT2D eigenvalue weighted by Crippen LogP contribution is -2.54. The highest BCUT2D eigenvalue weighted by Gasteiger charge is 2.26. The number of carbonyl (C=O) groups excluding carboxylic acids is 2. The molecular weight excluding hydrogens is 356 g/mol. The van der Waals surface area contributed by atoms with Gasteiger partial charge in [0.05, 0.1) is 19.2 Å². The standard InChI is InChI=1S/C21H34N4O3/c1-4-6-11-22-20(26)16-24-12-14-25(15-13-24)17(3)21(27)23-18-7-9-19(10-8-18)28-5-2/h7-10,17H,4-6,11-16H2,1-3H3,(H,22,26)(H,23,27). The zero-order valence-electron chi connectivity index (χ0n) is 17.4. The Morgan fingerprint density at radius 3 is 2.39 bits per heavy atom. The van der Waals surface area contributed by atoms with Crippen LogP contribution in [0.1, 0.15) is 33.6 Å². The molecule has 1 aliphatic heterocycles. The maximum atomic E-state index is 12.6. The number of anilines is 1. The lowest BCUT2D eigenvalue weighted by Gasteiger charge is -2.37. The average molecular weight is 391 g/mol. The average Bonchev–Trinajstić information content (AvgIpc) is 2.70. The van der Waals surface area contributed by atoms with Gasteiger partial charge in [-0.1, -0.05) is 13.3 Å². The predicted molar refractivity (Wildman–Crippen MR) is 112 cm³/mol. The van der Waals surface area contributed by atoms with E-state index < -0.39 is 0 Å². The van der Waals surface area contributed by atoms with Crippen LogP contribution in [0.2, 0.25) is 0 Å². The molecule has 28 heavy (non-hydrogen) atoms. The third kappa shape index (κ3) is 7.13. The first-order valence-corrected chi connectivity index (χ1v) is 10.3. The van der Waals surface area contributed by atoms with Crippen LogP contribution in [-0.2, 0) is 9.59 Å². The van der Waals surface area contributed by atoms with E-state index in [0.29, 0.717) is 13.2 Å². The highest BCUT2D eigenvalue weighted by atomic mass is 16.5. The molecule has 1 aromatic rings. The molecule has 0 aliphatic carbocycles. The lowest BCUT2D eigenvalue weighted by atomic mass is 10.2. The number of carbonyl (C=O) groups is 2. The molecule has 1 fully saturated rings. The van der Waals surface area contributed by atoms with E-state index in [9.17, 15) is 9.59 Å². The number of ether oxygens (including phenoxy) is 1. The van der Waals surface area contributed by atoms with Crippen LogP contribution >= 0.6 is 0 Å². The smallest absolute Gasteiger partial charge is 0.241 e. The highest BCUT2D eigenvalue weighted by Crippen LogP contribution is 2.16. The molecule has 2 rings (SSSR count). The maximum Gasteiger partial charge on any atom is 0.241 e. The Bertz CT molecular complexity index is 613. The Labute approximate surface area is 168 Å². The number of nitrogens with zero attached hydrogens (tertiary/aromatic N) is 2. The zero-order valence-corrected chi connectivity index (χ0v) is 17.4. The van der Waals surface area contributed by atoms with E-state index in [4.69, 9.17) is 4.74 Å². The Morgan fingerprint density at radius 2 is 1.79 bits per heavy atom. The Hall–Kier alpha value is -2.12. The van der Waals surface area contributed by atoms with Crippen LogP contribution in [0, 0.1) is 0 Å². The minimum absolute atomic E-state index is 0.0186. The summed E-state index contributed by atoms with van der Waals surface area (Å²) in [6, 6.07) is 7.20. The number of piperazine rings is 1. The van der Waals surface area contributed by atoms with Gasteiger partial charge in [0.1, 0.15) is 5.75 Å². The van der Waals surface area contributed by atoms with Gasteiger partial charge in [-0.15, -0.1) is 0 Å². The second kappa shape index (κ2) is 11.7. The van der Waals surface area contributed by atoms with Gasteiger partial charge in [0.15, 0.2) is 0 Å². The molecule has 1 atom stereocenters. The van der Waals surface area contributed by atoms with Crippen molar-refractivity contribution in [3.05, 3.63) is 24.3 Å². The van der Waals surface area contributed by atoms with E-state index in [0.717, 1.165) is 57.0 Å². The van der Waals surface area contributed by atoms with Crippen LogP contribution in [0.25, 0.3) is 0 Å².